The fourth-order valence-electron chi connectivity index (χ4n) is 3.87. The van der Waals surface area contributed by atoms with Gasteiger partial charge in [-0.25, -0.2) is 4.98 Å². The molecule has 1 N–H and O–H groups in total. The maximum absolute atomic E-state index is 12.7. The van der Waals surface area contributed by atoms with Crippen LogP contribution in [0.1, 0.15) is 34.6 Å². The van der Waals surface area contributed by atoms with Crippen molar-refractivity contribution in [2.75, 3.05) is 51.1 Å². The third kappa shape index (κ3) is 5.90. The summed E-state index contributed by atoms with van der Waals surface area (Å²) in [6.45, 7) is 4.87. The van der Waals surface area contributed by atoms with Crippen molar-refractivity contribution in [3.05, 3.63) is 33.5 Å². The van der Waals surface area contributed by atoms with Crippen LogP contribution >= 0.6 is 22.7 Å². The van der Waals surface area contributed by atoms with Gasteiger partial charge in [0, 0.05) is 44.6 Å². The fourth-order valence-corrected chi connectivity index (χ4v) is 5.19. The first-order chi connectivity index (χ1) is 15.1. The van der Waals surface area contributed by atoms with E-state index in [4.69, 9.17) is 0 Å². The third-order valence-corrected chi connectivity index (χ3v) is 7.32. The highest BCUT2D eigenvalue weighted by molar-refractivity contribution is 7.14. The molecule has 2 fully saturated rings. The van der Waals surface area contributed by atoms with Gasteiger partial charge in [0.25, 0.3) is 5.91 Å². The molecule has 8 nitrogen and oxygen atoms in total. The zero-order valence-electron chi connectivity index (χ0n) is 17.4. The minimum absolute atomic E-state index is 0.0310. The van der Waals surface area contributed by atoms with E-state index in [1.165, 1.54) is 29.1 Å². The van der Waals surface area contributed by atoms with Crippen LogP contribution in [-0.2, 0) is 16.0 Å². The van der Waals surface area contributed by atoms with Crippen LogP contribution in [0.2, 0.25) is 0 Å². The van der Waals surface area contributed by atoms with Crippen molar-refractivity contribution in [2.45, 2.75) is 25.7 Å². The third-order valence-electron chi connectivity index (χ3n) is 5.64. The van der Waals surface area contributed by atoms with Gasteiger partial charge in [-0.2, -0.15) is 0 Å². The number of rotatable bonds is 6. The minimum Gasteiger partial charge on any atom is -0.342 e. The molecule has 0 aromatic carbocycles. The number of carbonyl (C=O) groups is 3. The van der Waals surface area contributed by atoms with E-state index in [0.717, 1.165) is 25.9 Å². The first-order valence-corrected chi connectivity index (χ1v) is 12.4. The van der Waals surface area contributed by atoms with Gasteiger partial charge in [0.05, 0.1) is 23.5 Å². The highest BCUT2D eigenvalue weighted by Gasteiger charge is 2.25. The van der Waals surface area contributed by atoms with E-state index < -0.39 is 0 Å². The first-order valence-electron chi connectivity index (χ1n) is 10.7. The number of anilines is 1. The molecule has 3 amide bonds. The number of thiophene rings is 1. The lowest BCUT2D eigenvalue weighted by Crippen LogP contribution is -2.52. The molecule has 31 heavy (non-hydrogen) atoms. The van der Waals surface area contributed by atoms with Crippen LogP contribution in [0, 0.1) is 0 Å². The van der Waals surface area contributed by atoms with E-state index in [-0.39, 0.29) is 24.1 Å². The lowest BCUT2D eigenvalue weighted by molar-refractivity contribution is -0.135. The maximum atomic E-state index is 12.7. The summed E-state index contributed by atoms with van der Waals surface area (Å²) in [6.07, 6.45) is 3.64. The molecule has 0 unspecified atom stereocenters. The van der Waals surface area contributed by atoms with Gasteiger partial charge >= 0.3 is 0 Å². The number of piperazine rings is 1. The van der Waals surface area contributed by atoms with E-state index in [1.54, 1.807) is 6.07 Å². The summed E-state index contributed by atoms with van der Waals surface area (Å²) in [4.78, 5) is 48.2. The topological polar surface area (TPSA) is 85.9 Å². The monoisotopic (exact) mass is 461 g/mol. The molecule has 0 bridgehead atoms. The molecule has 0 aliphatic carbocycles. The highest BCUT2D eigenvalue weighted by atomic mass is 32.1. The lowest BCUT2D eigenvalue weighted by Gasteiger charge is -2.36. The average molecular weight is 462 g/mol. The van der Waals surface area contributed by atoms with Crippen LogP contribution < -0.4 is 5.32 Å². The average Bonchev–Trinajstić information content (AvgIpc) is 3.47. The van der Waals surface area contributed by atoms with Gasteiger partial charge in [0.1, 0.15) is 0 Å². The van der Waals surface area contributed by atoms with Crippen LogP contribution in [0.3, 0.4) is 0 Å². The largest absolute Gasteiger partial charge is 0.342 e. The molecule has 4 heterocycles. The Morgan fingerprint density at radius 1 is 0.935 bits per heavy atom. The smallest absolute Gasteiger partial charge is 0.267 e. The second-order valence-corrected chi connectivity index (χ2v) is 9.66. The Kier molecular flexibility index (Phi) is 7.31. The van der Waals surface area contributed by atoms with Crippen molar-refractivity contribution in [3.8, 4) is 0 Å². The molecule has 0 radical (unpaired) electrons. The number of hydrogen-bond acceptors (Lipinski definition) is 7. The van der Waals surface area contributed by atoms with Crippen LogP contribution in [0.4, 0.5) is 5.13 Å². The zero-order valence-corrected chi connectivity index (χ0v) is 19.1. The van der Waals surface area contributed by atoms with Gasteiger partial charge < -0.3 is 9.80 Å². The van der Waals surface area contributed by atoms with E-state index >= 15 is 0 Å². The van der Waals surface area contributed by atoms with Crippen LogP contribution in [0.5, 0.6) is 0 Å². The molecule has 2 aliphatic heterocycles. The van der Waals surface area contributed by atoms with E-state index in [9.17, 15) is 14.4 Å². The molecule has 0 saturated carbocycles. The Morgan fingerprint density at radius 2 is 1.68 bits per heavy atom. The van der Waals surface area contributed by atoms with Gasteiger partial charge in [-0.15, -0.1) is 22.7 Å². The molecule has 4 rings (SSSR count). The number of piperidine rings is 1. The number of likely N-dealkylation sites (tertiary alicyclic amines) is 1. The van der Waals surface area contributed by atoms with Crippen molar-refractivity contribution >= 4 is 45.5 Å². The lowest BCUT2D eigenvalue weighted by atomic mass is 10.1. The van der Waals surface area contributed by atoms with E-state index in [2.05, 4.69) is 15.2 Å². The fraction of sp³-hybridized carbons (Fsp3) is 0.524. The molecular weight excluding hydrogens is 434 g/mol. The number of thiazole rings is 1. The Morgan fingerprint density at radius 3 is 2.39 bits per heavy atom. The SMILES string of the molecule is O=C(Nc1nc(CC(=O)N2CCN(CC(=O)N3CCCCC3)CC2)cs1)c1cccs1. The van der Waals surface area contributed by atoms with Crippen molar-refractivity contribution in [3.63, 3.8) is 0 Å². The van der Waals surface area contributed by atoms with Gasteiger partial charge in [-0.05, 0) is 30.7 Å². The summed E-state index contributed by atoms with van der Waals surface area (Å²) < 4.78 is 0. The van der Waals surface area contributed by atoms with E-state index in [1.807, 2.05) is 26.6 Å². The van der Waals surface area contributed by atoms with Crippen LogP contribution in [0.15, 0.2) is 22.9 Å². The minimum atomic E-state index is -0.183. The second-order valence-electron chi connectivity index (χ2n) is 7.85. The number of aromatic nitrogens is 1. The Balaban J connectivity index is 1.21. The first kappa shape index (κ1) is 21.9. The Hall–Kier alpha value is -2.30. The Bertz CT molecular complexity index is 900. The predicted octanol–water partition coefficient (Wildman–Crippen LogP) is 2.16. The molecule has 2 aliphatic rings. The van der Waals surface area contributed by atoms with Gasteiger partial charge in [-0.1, -0.05) is 6.07 Å². The predicted molar refractivity (Wildman–Crippen MR) is 122 cm³/mol. The second kappa shape index (κ2) is 10.3. The molecule has 2 aromatic rings. The summed E-state index contributed by atoms with van der Waals surface area (Å²) in [7, 11) is 0. The maximum Gasteiger partial charge on any atom is 0.267 e. The molecule has 166 valence electrons. The van der Waals surface area contributed by atoms with Gasteiger partial charge in [0.15, 0.2) is 5.13 Å². The summed E-state index contributed by atoms with van der Waals surface area (Å²) >= 11 is 2.70. The molecule has 2 aromatic heterocycles. The summed E-state index contributed by atoms with van der Waals surface area (Å²) in [6, 6.07) is 3.59. The van der Waals surface area contributed by atoms with E-state index in [0.29, 0.717) is 48.4 Å². The number of hydrogen-bond donors (Lipinski definition) is 1. The highest BCUT2D eigenvalue weighted by Crippen LogP contribution is 2.19. The molecule has 0 atom stereocenters. The summed E-state index contributed by atoms with van der Waals surface area (Å²) in [5.41, 5.74) is 0.666. The van der Waals surface area contributed by atoms with Crippen molar-refractivity contribution in [1.82, 2.24) is 19.7 Å². The van der Waals surface area contributed by atoms with Crippen molar-refractivity contribution in [2.24, 2.45) is 0 Å². The number of carbonyl (C=O) groups excluding carboxylic acids is 3. The number of nitrogens with one attached hydrogen (secondary N) is 1. The Labute approximate surface area is 189 Å². The molecule has 10 heteroatoms. The normalized spacial score (nSPS) is 17.5. The molecule has 2 saturated heterocycles. The van der Waals surface area contributed by atoms with Crippen molar-refractivity contribution in [1.29, 1.82) is 0 Å². The van der Waals surface area contributed by atoms with Gasteiger partial charge in [-0.3, -0.25) is 24.6 Å². The standard InChI is InChI=1S/C21H27N5O3S2/c27-18(13-16-15-31-21(22-16)23-20(29)17-5-4-12-30-17)26-10-8-24(9-11-26)14-19(28)25-6-2-1-3-7-25/h4-5,12,15H,1-3,6-11,13-14H2,(H,22,23,29). The van der Waals surface area contributed by atoms with Crippen molar-refractivity contribution < 1.29 is 14.4 Å². The van der Waals surface area contributed by atoms with Crippen LogP contribution in [0.25, 0.3) is 0 Å². The summed E-state index contributed by atoms with van der Waals surface area (Å²) in [5, 5.41) is 6.95. The quantitative estimate of drug-likeness (QED) is 0.713. The van der Waals surface area contributed by atoms with Gasteiger partial charge in [0.2, 0.25) is 11.8 Å². The number of nitrogens with zero attached hydrogens (tertiary/aromatic N) is 4. The molecular formula is C21H27N5O3S2. The molecule has 0 spiro atoms. The number of amides is 3. The van der Waals surface area contributed by atoms with Crippen LogP contribution in [-0.4, -0.2) is 83.2 Å². The zero-order chi connectivity index (χ0) is 21.6. The summed E-state index contributed by atoms with van der Waals surface area (Å²) in [5.74, 6) is 0.0555.